The first-order valence-electron chi connectivity index (χ1n) is 8.80. The van der Waals surface area contributed by atoms with E-state index in [9.17, 15) is 0 Å². The fraction of sp³-hybridized carbons (Fsp3) is 1.00. The third kappa shape index (κ3) is 5.01. The standard InChI is InChI=1S/C17H35N3/c1-15(2)6-4-9-18-10-13-20-12-8-17-16(14-20)7-5-11-19(17)3/h15-18H,4-14H2,1-3H3. The molecular formula is C17H35N3. The quantitative estimate of drug-likeness (QED) is 0.723. The normalized spacial score (nSPS) is 28.8. The maximum Gasteiger partial charge on any atom is 0.0145 e. The second kappa shape index (κ2) is 8.35. The SMILES string of the molecule is CC(C)CCCNCCN1CCC2C(CCCN2C)C1. The zero-order valence-electron chi connectivity index (χ0n) is 13.9. The monoisotopic (exact) mass is 281 g/mol. The minimum Gasteiger partial charge on any atom is -0.315 e. The van der Waals surface area contributed by atoms with E-state index in [4.69, 9.17) is 0 Å². The Morgan fingerprint density at radius 3 is 2.80 bits per heavy atom. The molecule has 0 aliphatic carbocycles. The van der Waals surface area contributed by atoms with Crippen molar-refractivity contribution < 1.29 is 0 Å². The fourth-order valence-corrected chi connectivity index (χ4v) is 3.93. The molecule has 2 aliphatic heterocycles. The van der Waals surface area contributed by atoms with Crippen LogP contribution in [-0.2, 0) is 0 Å². The number of nitrogens with zero attached hydrogens (tertiary/aromatic N) is 2. The maximum atomic E-state index is 3.62. The number of likely N-dealkylation sites (tertiary alicyclic amines) is 2. The van der Waals surface area contributed by atoms with E-state index in [0.717, 1.165) is 17.9 Å². The van der Waals surface area contributed by atoms with Crippen molar-refractivity contribution in [3.8, 4) is 0 Å². The van der Waals surface area contributed by atoms with Crippen molar-refractivity contribution in [3.63, 3.8) is 0 Å². The molecule has 118 valence electrons. The summed E-state index contributed by atoms with van der Waals surface area (Å²) in [6.45, 7) is 12.2. The molecule has 2 unspecified atom stereocenters. The minimum atomic E-state index is 0.846. The smallest absolute Gasteiger partial charge is 0.0145 e. The van der Waals surface area contributed by atoms with Crippen LogP contribution in [0.4, 0.5) is 0 Å². The fourth-order valence-electron chi connectivity index (χ4n) is 3.93. The van der Waals surface area contributed by atoms with Gasteiger partial charge in [-0.15, -0.1) is 0 Å². The van der Waals surface area contributed by atoms with Crippen LogP contribution in [0.2, 0.25) is 0 Å². The van der Waals surface area contributed by atoms with E-state index >= 15 is 0 Å². The van der Waals surface area contributed by atoms with Crippen molar-refractivity contribution >= 4 is 0 Å². The number of hydrogen-bond acceptors (Lipinski definition) is 3. The molecule has 3 heteroatoms. The lowest BCUT2D eigenvalue weighted by Gasteiger charge is -2.46. The third-order valence-corrected chi connectivity index (χ3v) is 5.17. The Kier molecular flexibility index (Phi) is 6.79. The first kappa shape index (κ1) is 16.3. The van der Waals surface area contributed by atoms with Crippen LogP contribution < -0.4 is 5.32 Å². The largest absolute Gasteiger partial charge is 0.315 e. The van der Waals surface area contributed by atoms with Gasteiger partial charge in [-0.3, -0.25) is 0 Å². The van der Waals surface area contributed by atoms with Gasteiger partial charge in [0.2, 0.25) is 0 Å². The van der Waals surface area contributed by atoms with Gasteiger partial charge in [-0.05, 0) is 70.6 Å². The molecule has 1 N–H and O–H groups in total. The van der Waals surface area contributed by atoms with Gasteiger partial charge in [-0.2, -0.15) is 0 Å². The highest BCUT2D eigenvalue weighted by molar-refractivity contribution is 4.89. The summed E-state index contributed by atoms with van der Waals surface area (Å²) in [5, 5.41) is 3.62. The molecule has 2 atom stereocenters. The number of nitrogens with one attached hydrogen (secondary N) is 1. The topological polar surface area (TPSA) is 18.5 Å². The summed E-state index contributed by atoms with van der Waals surface area (Å²) in [7, 11) is 2.32. The Morgan fingerprint density at radius 1 is 1.15 bits per heavy atom. The number of fused-ring (bicyclic) bond motifs is 1. The lowest BCUT2D eigenvalue weighted by molar-refractivity contribution is 0.0391. The molecule has 2 heterocycles. The molecule has 2 rings (SSSR count). The zero-order chi connectivity index (χ0) is 14.4. The molecule has 0 bridgehead atoms. The highest BCUT2D eigenvalue weighted by Crippen LogP contribution is 2.29. The second-order valence-electron chi connectivity index (χ2n) is 7.33. The number of piperidine rings is 2. The molecule has 2 fully saturated rings. The summed E-state index contributed by atoms with van der Waals surface area (Å²) >= 11 is 0. The van der Waals surface area contributed by atoms with E-state index < -0.39 is 0 Å². The van der Waals surface area contributed by atoms with Crippen LogP contribution in [0.25, 0.3) is 0 Å². The van der Waals surface area contributed by atoms with Crippen molar-refractivity contribution in [1.82, 2.24) is 15.1 Å². The predicted octanol–water partition coefficient (Wildman–Crippen LogP) is 2.43. The predicted molar refractivity (Wildman–Crippen MR) is 87.1 cm³/mol. The lowest BCUT2D eigenvalue weighted by atomic mass is 9.84. The average molecular weight is 281 g/mol. The summed E-state index contributed by atoms with van der Waals surface area (Å²) in [6, 6.07) is 0.874. The van der Waals surface area contributed by atoms with Crippen molar-refractivity contribution in [2.75, 3.05) is 46.3 Å². The van der Waals surface area contributed by atoms with Crippen LogP contribution in [0, 0.1) is 11.8 Å². The third-order valence-electron chi connectivity index (χ3n) is 5.17. The average Bonchev–Trinajstić information content (AvgIpc) is 2.42. The summed E-state index contributed by atoms with van der Waals surface area (Å²) in [6.07, 6.45) is 6.92. The lowest BCUT2D eigenvalue weighted by Crippen LogP contribution is -2.53. The minimum absolute atomic E-state index is 0.846. The first-order chi connectivity index (χ1) is 9.66. The van der Waals surface area contributed by atoms with Gasteiger partial charge in [0, 0.05) is 25.7 Å². The van der Waals surface area contributed by atoms with Crippen molar-refractivity contribution in [2.45, 2.75) is 52.0 Å². The zero-order valence-corrected chi connectivity index (χ0v) is 13.9. The molecule has 0 aromatic rings. The summed E-state index contributed by atoms with van der Waals surface area (Å²) < 4.78 is 0. The molecule has 0 aromatic heterocycles. The number of rotatable bonds is 7. The van der Waals surface area contributed by atoms with Crippen LogP contribution >= 0.6 is 0 Å². The van der Waals surface area contributed by atoms with E-state index in [1.807, 2.05) is 0 Å². The van der Waals surface area contributed by atoms with Crippen LogP contribution in [-0.4, -0.2) is 62.2 Å². The van der Waals surface area contributed by atoms with Gasteiger partial charge in [-0.25, -0.2) is 0 Å². The molecule has 0 saturated carbocycles. The molecular weight excluding hydrogens is 246 g/mol. The molecule has 20 heavy (non-hydrogen) atoms. The highest BCUT2D eigenvalue weighted by atomic mass is 15.2. The summed E-state index contributed by atoms with van der Waals surface area (Å²) in [5.74, 6) is 1.78. The first-order valence-corrected chi connectivity index (χ1v) is 8.80. The van der Waals surface area contributed by atoms with E-state index in [-0.39, 0.29) is 0 Å². The Labute approximate surface area is 126 Å². The summed E-state index contributed by atoms with van der Waals surface area (Å²) in [5.41, 5.74) is 0. The maximum absolute atomic E-state index is 3.62. The van der Waals surface area contributed by atoms with E-state index in [0.29, 0.717) is 0 Å². The van der Waals surface area contributed by atoms with Gasteiger partial charge in [0.15, 0.2) is 0 Å². The van der Waals surface area contributed by atoms with Gasteiger partial charge in [-0.1, -0.05) is 13.8 Å². The number of hydrogen-bond donors (Lipinski definition) is 1. The summed E-state index contributed by atoms with van der Waals surface area (Å²) in [4.78, 5) is 5.30. The Morgan fingerprint density at radius 2 is 2.00 bits per heavy atom. The van der Waals surface area contributed by atoms with Gasteiger partial charge < -0.3 is 15.1 Å². The molecule has 3 nitrogen and oxygen atoms in total. The van der Waals surface area contributed by atoms with Gasteiger partial charge in [0.1, 0.15) is 0 Å². The van der Waals surface area contributed by atoms with Gasteiger partial charge in [0.25, 0.3) is 0 Å². The van der Waals surface area contributed by atoms with Crippen molar-refractivity contribution in [2.24, 2.45) is 11.8 Å². The Bertz CT molecular complexity index is 267. The van der Waals surface area contributed by atoms with Crippen molar-refractivity contribution in [3.05, 3.63) is 0 Å². The van der Waals surface area contributed by atoms with Crippen LogP contribution in [0.5, 0.6) is 0 Å². The Hall–Kier alpha value is -0.120. The Balaban J connectivity index is 1.56. The van der Waals surface area contributed by atoms with E-state index in [1.165, 1.54) is 71.4 Å². The van der Waals surface area contributed by atoms with Gasteiger partial charge in [0.05, 0.1) is 0 Å². The van der Waals surface area contributed by atoms with Crippen LogP contribution in [0.15, 0.2) is 0 Å². The molecule has 0 radical (unpaired) electrons. The highest BCUT2D eigenvalue weighted by Gasteiger charge is 2.33. The van der Waals surface area contributed by atoms with Gasteiger partial charge >= 0.3 is 0 Å². The molecule has 0 amide bonds. The molecule has 2 saturated heterocycles. The molecule has 0 aromatic carbocycles. The van der Waals surface area contributed by atoms with E-state index in [1.54, 1.807) is 0 Å². The molecule has 2 aliphatic rings. The van der Waals surface area contributed by atoms with Crippen LogP contribution in [0.1, 0.15) is 46.0 Å². The van der Waals surface area contributed by atoms with E-state index in [2.05, 4.69) is 36.0 Å². The second-order valence-corrected chi connectivity index (χ2v) is 7.33. The van der Waals surface area contributed by atoms with Crippen molar-refractivity contribution in [1.29, 1.82) is 0 Å². The van der Waals surface area contributed by atoms with Crippen LogP contribution in [0.3, 0.4) is 0 Å². The molecule has 0 spiro atoms.